The van der Waals surface area contributed by atoms with Crippen molar-refractivity contribution in [1.29, 1.82) is 0 Å². The van der Waals surface area contributed by atoms with Crippen molar-refractivity contribution >= 4 is 5.69 Å². The fraction of sp³-hybridized carbons (Fsp3) is 0.625. The summed E-state index contributed by atoms with van der Waals surface area (Å²) in [7, 11) is 1.71. The molecule has 2 N–H and O–H groups in total. The Hall–Kier alpha value is -1.30. The highest BCUT2D eigenvalue weighted by molar-refractivity contribution is 5.58. The van der Waals surface area contributed by atoms with Crippen LogP contribution in [0.15, 0.2) is 24.3 Å². The quantitative estimate of drug-likeness (QED) is 0.778. The third-order valence-corrected chi connectivity index (χ3v) is 3.90. The van der Waals surface area contributed by atoms with Crippen molar-refractivity contribution in [3.63, 3.8) is 0 Å². The maximum atomic E-state index is 9.96. The molecule has 1 aromatic rings. The average Bonchev–Trinajstić information content (AvgIpc) is 2.53. The van der Waals surface area contributed by atoms with Crippen LogP contribution in [0.5, 0.6) is 5.75 Å². The molecule has 118 valence electrons. The SMILES string of the molecule is CCNCC(O)CN1CCN(c2ccccc2OC)CC1. The molecule has 0 amide bonds. The predicted octanol–water partition coefficient (Wildman–Crippen LogP) is 0.788. The average molecular weight is 293 g/mol. The van der Waals surface area contributed by atoms with E-state index in [4.69, 9.17) is 4.74 Å². The molecular weight excluding hydrogens is 266 g/mol. The van der Waals surface area contributed by atoms with Crippen molar-refractivity contribution in [1.82, 2.24) is 10.2 Å². The molecular formula is C16H27N3O2. The number of benzene rings is 1. The van der Waals surface area contributed by atoms with Gasteiger partial charge in [-0.05, 0) is 18.7 Å². The molecule has 1 aromatic carbocycles. The second kappa shape index (κ2) is 8.22. The zero-order chi connectivity index (χ0) is 15.1. The number of anilines is 1. The van der Waals surface area contributed by atoms with Crippen LogP contribution >= 0.6 is 0 Å². The maximum absolute atomic E-state index is 9.96. The molecule has 1 aliphatic heterocycles. The van der Waals surface area contributed by atoms with E-state index < -0.39 is 0 Å². The van der Waals surface area contributed by atoms with Crippen molar-refractivity contribution in [2.24, 2.45) is 0 Å². The van der Waals surface area contributed by atoms with Crippen molar-refractivity contribution in [2.45, 2.75) is 13.0 Å². The first-order chi connectivity index (χ1) is 10.2. The second-order valence-electron chi connectivity index (χ2n) is 5.42. The van der Waals surface area contributed by atoms with Crippen LogP contribution in [0.4, 0.5) is 5.69 Å². The predicted molar refractivity (Wildman–Crippen MR) is 86.2 cm³/mol. The van der Waals surface area contributed by atoms with Gasteiger partial charge in [0, 0.05) is 39.3 Å². The fourth-order valence-electron chi connectivity index (χ4n) is 2.74. The molecule has 1 fully saturated rings. The third kappa shape index (κ3) is 4.59. The van der Waals surface area contributed by atoms with Crippen molar-refractivity contribution in [3.05, 3.63) is 24.3 Å². The van der Waals surface area contributed by atoms with Gasteiger partial charge in [0.2, 0.25) is 0 Å². The minimum Gasteiger partial charge on any atom is -0.495 e. The van der Waals surface area contributed by atoms with Crippen molar-refractivity contribution in [2.75, 3.05) is 57.8 Å². The largest absolute Gasteiger partial charge is 0.495 e. The number of piperazine rings is 1. The van der Waals surface area contributed by atoms with E-state index in [1.54, 1.807) is 7.11 Å². The van der Waals surface area contributed by atoms with Gasteiger partial charge in [-0.15, -0.1) is 0 Å². The number of nitrogens with one attached hydrogen (secondary N) is 1. The van der Waals surface area contributed by atoms with Crippen LogP contribution in [0, 0.1) is 0 Å². The molecule has 0 aliphatic carbocycles. The van der Waals surface area contributed by atoms with Gasteiger partial charge in [-0.3, -0.25) is 4.90 Å². The van der Waals surface area contributed by atoms with Crippen molar-refractivity contribution < 1.29 is 9.84 Å². The monoisotopic (exact) mass is 293 g/mol. The molecule has 21 heavy (non-hydrogen) atoms. The number of likely N-dealkylation sites (N-methyl/N-ethyl adjacent to an activating group) is 1. The lowest BCUT2D eigenvalue weighted by Gasteiger charge is -2.37. The summed E-state index contributed by atoms with van der Waals surface area (Å²) in [5.41, 5.74) is 1.16. The Morgan fingerprint density at radius 2 is 1.95 bits per heavy atom. The van der Waals surface area contributed by atoms with Gasteiger partial charge in [-0.1, -0.05) is 19.1 Å². The van der Waals surface area contributed by atoms with Crippen LogP contribution in [0.25, 0.3) is 0 Å². The number of nitrogens with zero attached hydrogens (tertiary/aromatic N) is 2. The lowest BCUT2D eigenvalue weighted by Crippen LogP contribution is -2.49. The van der Waals surface area contributed by atoms with Gasteiger partial charge in [0.1, 0.15) is 5.75 Å². The summed E-state index contributed by atoms with van der Waals surface area (Å²) >= 11 is 0. The first-order valence-electron chi connectivity index (χ1n) is 7.73. The van der Waals surface area contributed by atoms with Gasteiger partial charge in [-0.25, -0.2) is 0 Å². The Morgan fingerprint density at radius 1 is 1.24 bits per heavy atom. The van der Waals surface area contributed by atoms with E-state index in [1.165, 1.54) is 0 Å². The highest BCUT2D eigenvalue weighted by Crippen LogP contribution is 2.28. The van der Waals surface area contributed by atoms with Crippen LogP contribution in [0.1, 0.15) is 6.92 Å². The molecule has 0 saturated carbocycles. The Kier molecular flexibility index (Phi) is 6.29. The number of aliphatic hydroxyl groups is 1. The first-order valence-corrected chi connectivity index (χ1v) is 7.73. The topological polar surface area (TPSA) is 48.0 Å². The Labute approximate surface area is 127 Å². The fourth-order valence-corrected chi connectivity index (χ4v) is 2.74. The summed E-state index contributed by atoms with van der Waals surface area (Å²) in [6.07, 6.45) is -0.289. The van der Waals surface area contributed by atoms with Crippen LogP contribution in [0.3, 0.4) is 0 Å². The molecule has 5 nitrogen and oxygen atoms in total. The van der Waals surface area contributed by atoms with E-state index >= 15 is 0 Å². The molecule has 5 heteroatoms. The van der Waals surface area contributed by atoms with Gasteiger partial charge in [0.05, 0.1) is 18.9 Å². The zero-order valence-corrected chi connectivity index (χ0v) is 13.1. The number of β-amino-alcohol motifs (C(OH)–C–C–N with tert-alkyl or cyclic N) is 1. The zero-order valence-electron chi connectivity index (χ0n) is 13.1. The second-order valence-corrected chi connectivity index (χ2v) is 5.42. The summed E-state index contributed by atoms with van der Waals surface area (Å²) in [5.74, 6) is 0.929. The number of aliphatic hydroxyl groups excluding tert-OH is 1. The normalized spacial score (nSPS) is 17.8. The molecule has 1 saturated heterocycles. The van der Waals surface area contributed by atoms with Crippen molar-refractivity contribution in [3.8, 4) is 5.75 Å². The van der Waals surface area contributed by atoms with E-state index in [9.17, 15) is 5.11 Å². The number of hydrogen-bond donors (Lipinski definition) is 2. The highest BCUT2D eigenvalue weighted by atomic mass is 16.5. The molecule has 2 rings (SSSR count). The molecule has 0 aromatic heterocycles. The van der Waals surface area contributed by atoms with Gasteiger partial charge in [0.25, 0.3) is 0 Å². The van der Waals surface area contributed by atoms with E-state index in [0.29, 0.717) is 6.54 Å². The Balaban J connectivity index is 1.83. The molecule has 0 spiro atoms. The number of methoxy groups -OCH3 is 1. The van der Waals surface area contributed by atoms with Gasteiger partial charge >= 0.3 is 0 Å². The van der Waals surface area contributed by atoms with Crippen LogP contribution in [0.2, 0.25) is 0 Å². The smallest absolute Gasteiger partial charge is 0.142 e. The number of para-hydroxylation sites is 2. The highest BCUT2D eigenvalue weighted by Gasteiger charge is 2.20. The van der Waals surface area contributed by atoms with Crippen LogP contribution in [-0.4, -0.2) is 69.0 Å². The van der Waals surface area contributed by atoms with E-state index in [1.807, 2.05) is 18.2 Å². The van der Waals surface area contributed by atoms with E-state index in [2.05, 4.69) is 28.1 Å². The van der Waals surface area contributed by atoms with Gasteiger partial charge < -0.3 is 20.1 Å². The first kappa shape index (κ1) is 16.1. The lowest BCUT2D eigenvalue weighted by molar-refractivity contribution is 0.108. The minimum atomic E-state index is -0.289. The van der Waals surface area contributed by atoms with E-state index in [-0.39, 0.29) is 6.10 Å². The number of hydrogen-bond acceptors (Lipinski definition) is 5. The summed E-state index contributed by atoms with van der Waals surface area (Å²) in [6, 6.07) is 8.15. The maximum Gasteiger partial charge on any atom is 0.142 e. The molecule has 0 radical (unpaired) electrons. The van der Waals surface area contributed by atoms with Crippen LogP contribution in [-0.2, 0) is 0 Å². The number of ether oxygens (including phenoxy) is 1. The van der Waals surface area contributed by atoms with E-state index in [0.717, 1.165) is 50.7 Å². The number of rotatable bonds is 7. The Bertz CT molecular complexity index is 420. The lowest BCUT2D eigenvalue weighted by atomic mass is 10.2. The summed E-state index contributed by atoms with van der Waals surface area (Å²) < 4.78 is 5.43. The molecule has 1 atom stereocenters. The van der Waals surface area contributed by atoms with Gasteiger partial charge in [-0.2, -0.15) is 0 Å². The van der Waals surface area contributed by atoms with Crippen LogP contribution < -0.4 is 15.0 Å². The summed E-state index contributed by atoms with van der Waals surface area (Å²) in [5, 5.41) is 13.1. The molecule has 1 heterocycles. The Morgan fingerprint density at radius 3 is 2.62 bits per heavy atom. The minimum absolute atomic E-state index is 0.289. The molecule has 1 aliphatic rings. The summed E-state index contributed by atoms with van der Waals surface area (Å²) in [4.78, 5) is 4.68. The molecule has 1 unspecified atom stereocenters. The standard InChI is InChI=1S/C16H27N3O2/c1-3-17-12-14(20)13-18-8-10-19(11-9-18)15-6-4-5-7-16(15)21-2/h4-7,14,17,20H,3,8-13H2,1-2H3. The third-order valence-electron chi connectivity index (χ3n) is 3.90. The van der Waals surface area contributed by atoms with Gasteiger partial charge in [0.15, 0.2) is 0 Å². The summed E-state index contributed by atoms with van der Waals surface area (Å²) in [6.45, 7) is 8.25. The molecule has 0 bridgehead atoms.